The number of carbonyl (C=O) groups is 1. The number of likely N-dealkylation sites (tertiary alicyclic amines) is 1. The van der Waals surface area contributed by atoms with Crippen molar-refractivity contribution < 1.29 is 9.53 Å². The maximum Gasteiger partial charge on any atom is 0.246 e. The molecule has 5 rings (SSSR count). The first-order chi connectivity index (χ1) is 14.8. The highest BCUT2D eigenvalue weighted by atomic mass is 32.1. The highest BCUT2D eigenvalue weighted by Crippen LogP contribution is 2.36. The van der Waals surface area contributed by atoms with Gasteiger partial charge in [-0.1, -0.05) is 30.3 Å². The quantitative estimate of drug-likeness (QED) is 0.476. The van der Waals surface area contributed by atoms with Crippen LogP contribution in [0.2, 0.25) is 0 Å². The Morgan fingerprint density at radius 2 is 1.97 bits per heavy atom. The maximum atomic E-state index is 12.9. The van der Waals surface area contributed by atoms with Crippen LogP contribution in [0.15, 0.2) is 54.6 Å². The van der Waals surface area contributed by atoms with Crippen LogP contribution in [0.3, 0.4) is 0 Å². The molecule has 152 valence electrons. The summed E-state index contributed by atoms with van der Waals surface area (Å²) >= 11 is 1.66. The van der Waals surface area contributed by atoms with E-state index in [0.717, 1.165) is 40.4 Å². The number of hydrogen-bond acceptors (Lipinski definition) is 7. The van der Waals surface area contributed by atoms with Crippen molar-refractivity contribution in [3.05, 3.63) is 65.4 Å². The summed E-state index contributed by atoms with van der Waals surface area (Å²) in [5, 5.41) is 13.3. The molecule has 0 saturated carbocycles. The molecule has 1 fully saturated rings. The summed E-state index contributed by atoms with van der Waals surface area (Å²) in [6.07, 6.45) is 1.89. The third kappa shape index (κ3) is 3.88. The largest absolute Gasteiger partial charge is 0.485 e. The Morgan fingerprint density at radius 1 is 1.13 bits per heavy atom. The topological polar surface area (TPSA) is 86.0 Å². The van der Waals surface area contributed by atoms with E-state index in [1.54, 1.807) is 11.3 Å². The summed E-state index contributed by atoms with van der Waals surface area (Å²) in [4.78, 5) is 20.9. The number of para-hydroxylation sites is 2. The first-order valence-corrected chi connectivity index (χ1v) is 10.7. The number of benzene rings is 2. The number of amides is 1. The molecule has 1 unspecified atom stereocenters. The van der Waals surface area contributed by atoms with Gasteiger partial charge in [-0.25, -0.2) is 4.98 Å². The number of carbonyl (C=O) groups excluding carboxylic acids is 1. The molecule has 8 nitrogen and oxygen atoms in total. The van der Waals surface area contributed by atoms with Crippen molar-refractivity contribution in [2.45, 2.75) is 32.0 Å². The summed E-state index contributed by atoms with van der Waals surface area (Å²) < 4.78 is 6.78. The van der Waals surface area contributed by atoms with E-state index in [-0.39, 0.29) is 25.1 Å². The number of tetrazole rings is 1. The van der Waals surface area contributed by atoms with E-state index in [9.17, 15) is 4.79 Å². The fourth-order valence-electron chi connectivity index (χ4n) is 3.63. The molecule has 30 heavy (non-hydrogen) atoms. The number of nitrogens with zero attached hydrogens (tertiary/aromatic N) is 6. The number of fused-ring (bicyclic) bond motifs is 1. The third-order valence-electron chi connectivity index (χ3n) is 5.05. The van der Waals surface area contributed by atoms with Crippen LogP contribution in [0.5, 0.6) is 5.75 Å². The van der Waals surface area contributed by atoms with Crippen molar-refractivity contribution in [2.24, 2.45) is 0 Å². The molecule has 3 heterocycles. The number of hydrogen-bond donors (Lipinski definition) is 0. The molecule has 2 aromatic heterocycles. The van der Waals surface area contributed by atoms with Crippen molar-refractivity contribution >= 4 is 27.5 Å². The minimum Gasteiger partial charge on any atom is -0.485 e. The predicted octanol–water partition coefficient (Wildman–Crippen LogP) is 3.23. The van der Waals surface area contributed by atoms with Crippen molar-refractivity contribution in [1.82, 2.24) is 30.1 Å². The molecule has 1 atom stereocenters. The first kappa shape index (κ1) is 18.7. The minimum absolute atomic E-state index is 0.0132. The van der Waals surface area contributed by atoms with Crippen LogP contribution >= 0.6 is 11.3 Å². The second-order valence-electron chi connectivity index (χ2n) is 7.10. The first-order valence-electron chi connectivity index (χ1n) is 9.86. The molecule has 4 aromatic rings. The van der Waals surface area contributed by atoms with Gasteiger partial charge in [0.15, 0.2) is 6.61 Å². The predicted molar refractivity (Wildman–Crippen MR) is 112 cm³/mol. The van der Waals surface area contributed by atoms with Gasteiger partial charge < -0.3 is 9.64 Å². The summed E-state index contributed by atoms with van der Waals surface area (Å²) in [5.74, 6) is 1.15. The maximum absolute atomic E-state index is 12.9. The van der Waals surface area contributed by atoms with E-state index in [2.05, 4.69) is 21.5 Å². The van der Waals surface area contributed by atoms with E-state index >= 15 is 0 Å². The average molecular weight is 420 g/mol. The molecule has 1 aliphatic heterocycles. The summed E-state index contributed by atoms with van der Waals surface area (Å²) in [5.41, 5.74) is 0.984. The van der Waals surface area contributed by atoms with Gasteiger partial charge in [0.25, 0.3) is 0 Å². The van der Waals surface area contributed by atoms with Crippen LogP contribution in [0.25, 0.3) is 10.2 Å². The van der Waals surface area contributed by atoms with Gasteiger partial charge in [-0.3, -0.25) is 4.79 Å². The second-order valence-corrected chi connectivity index (χ2v) is 8.17. The molecule has 0 spiro atoms. The molecule has 0 N–H and O–H groups in total. The fourth-order valence-corrected chi connectivity index (χ4v) is 4.75. The van der Waals surface area contributed by atoms with E-state index in [0.29, 0.717) is 5.82 Å². The lowest BCUT2D eigenvalue weighted by atomic mass is 10.2. The molecule has 0 aliphatic carbocycles. The zero-order valence-electron chi connectivity index (χ0n) is 16.2. The van der Waals surface area contributed by atoms with Crippen LogP contribution in [-0.2, 0) is 17.9 Å². The molecule has 1 aliphatic rings. The zero-order chi connectivity index (χ0) is 20.3. The minimum atomic E-state index is -0.0234. The Bertz CT molecular complexity index is 1130. The number of ether oxygens (including phenoxy) is 1. The third-order valence-corrected chi connectivity index (χ3v) is 6.19. The fraction of sp³-hybridized carbons (Fsp3) is 0.286. The standard InChI is InChI=1S/C21H20N6O2S/c28-20(13-27-24-19(23-25-27)14-29-15-7-2-1-3-8-15)26-12-6-10-17(26)21-22-16-9-4-5-11-18(16)30-21/h1-5,7-9,11,17H,6,10,12-14H2. The van der Waals surface area contributed by atoms with Gasteiger partial charge in [0.2, 0.25) is 11.7 Å². The average Bonchev–Trinajstić information content (AvgIpc) is 3.51. The van der Waals surface area contributed by atoms with Gasteiger partial charge in [0.05, 0.1) is 16.3 Å². The van der Waals surface area contributed by atoms with Gasteiger partial charge in [-0.15, -0.1) is 21.5 Å². The zero-order valence-corrected chi connectivity index (χ0v) is 17.0. The van der Waals surface area contributed by atoms with Crippen LogP contribution in [-0.4, -0.2) is 42.5 Å². The Morgan fingerprint density at radius 3 is 2.83 bits per heavy atom. The molecule has 0 bridgehead atoms. The lowest BCUT2D eigenvalue weighted by Crippen LogP contribution is -2.34. The highest BCUT2D eigenvalue weighted by Gasteiger charge is 2.32. The Balaban J connectivity index is 1.24. The monoisotopic (exact) mass is 420 g/mol. The Kier molecular flexibility index (Phi) is 5.10. The Labute approximate surface area is 177 Å². The van der Waals surface area contributed by atoms with Crippen LogP contribution < -0.4 is 4.74 Å². The smallest absolute Gasteiger partial charge is 0.246 e. The molecule has 1 saturated heterocycles. The van der Waals surface area contributed by atoms with Gasteiger partial charge in [0.1, 0.15) is 17.3 Å². The summed E-state index contributed by atoms with van der Waals surface area (Å²) in [6.45, 7) is 0.980. The molecule has 1 amide bonds. The van der Waals surface area contributed by atoms with Crippen molar-refractivity contribution in [2.75, 3.05) is 6.54 Å². The normalized spacial score (nSPS) is 16.3. The van der Waals surface area contributed by atoms with Crippen molar-refractivity contribution in [3.63, 3.8) is 0 Å². The van der Waals surface area contributed by atoms with Crippen molar-refractivity contribution in [3.8, 4) is 5.75 Å². The SMILES string of the molecule is O=C(Cn1nnc(COc2ccccc2)n1)N1CCCC1c1nc2ccccc2s1. The Hall–Kier alpha value is -3.33. The summed E-state index contributed by atoms with van der Waals surface area (Å²) in [6, 6.07) is 17.5. The lowest BCUT2D eigenvalue weighted by molar-refractivity contribution is -0.133. The number of aromatic nitrogens is 5. The van der Waals surface area contributed by atoms with Crippen LogP contribution in [0, 0.1) is 0 Å². The molecule has 2 aromatic carbocycles. The van der Waals surface area contributed by atoms with E-state index < -0.39 is 0 Å². The van der Waals surface area contributed by atoms with Gasteiger partial charge in [-0.2, -0.15) is 4.80 Å². The summed E-state index contributed by atoms with van der Waals surface area (Å²) in [7, 11) is 0. The van der Waals surface area contributed by atoms with Gasteiger partial charge in [0, 0.05) is 6.54 Å². The van der Waals surface area contributed by atoms with E-state index in [1.165, 1.54) is 4.80 Å². The number of rotatable bonds is 6. The number of thiazole rings is 1. The van der Waals surface area contributed by atoms with E-state index in [4.69, 9.17) is 9.72 Å². The lowest BCUT2D eigenvalue weighted by Gasteiger charge is -2.22. The van der Waals surface area contributed by atoms with Crippen molar-refractivity contribution in [1.29, 1.82) is 0 Å². The van der Waals surface area contributed by atoms with Crippen LogP contribution in [0.4, 0.5) is 0 Å². The molecular weight excluding hydrogens is 400 g/mol. The second kappa shape index (κ2) is 8.19. The van der Waals surface area contributed by atoms with Crippen LogP contribution in [0.1, 0.15) is 29.7 Å². The molecule has 9 heteroatoms. The van der Waals surface area contributed by atoms with Gasteiger partial charge >= 0.3 is 0 Å². The molecular formula is C21H20N6O2S. The highest BCUT2D eigenvalue weighted by molar-refractivity contribution is 7.18. The molecule has 0 radical (unpaired) electrons. The van der Waals surface area contributed by atoms with Gasteiger partial charge in [-0.05, 0) is 42.3 Å². The van der Waals surface area contributed by atoms with E-state index in [1.807, 2.05) is 53.4 Å².